The molecule has 3 aliphatic rings. The number of nitrogens with one attached hydrogen (secondary N) is 1. The first-order valence-electron chi connectivity index (χ1n) is 13.4. The number of alkyl halides is 2. The lowest BCUT2D eigenvalue weighted by atomic mass is 9.93. The lowest BCUT2D eigenvalue weighted by Crippen LogP contribution is -2.49. The number of ether oxygens (including phenoxy) is 4. The van der Waals surface area contributed by atoms with Crippen LogP contribution in [0.2, 0.25) is 0 Å². The molecule has 0 saturated carbocycles. The fourth-order valence-corrected chi connectivity index (χ4v) is 5.77. The molecule has 0 unspecified atom stereocenters. The molecule has 3 N–H and O–H groups in total. The molecule has 0 aromatic carbocycles. The quantitative estimate of drug-likeness (QED) is 0.556. The number of likely N-dealkylation sites (tertiary alicyclic amines) is 1. The lowest BCUT2D eigenvalue weighted by Gasteiger charge is -2.40. The van der Waals surface area contributed by atoms with Crippen molar-refractivity contribution in [2.24, 2.45) is 5.92 Å². The number of nitrogen functional groups attached to an aromatic ring is 1. The highest BCUT2D eigenvalue weighted by Gasteiger charge is 2.54. The van der Waals surface area contributed by atoms with E-state index in [0.29, 0.717) is 24.4 Å². The third kappa shape index (κ3) is 6.11. The van der Waals surface area contributed by atoms with E-state index in [2.05, 4.69) is 15.4 Å². The van der Waals surface area contributed by atoms with E-state index in [1.54, 1.807) is 30.2 Å². The number of halogens is 2. The van der Waals surface area contributed by atoms with Gasteiger partial charge in [0.2, 0.25) is 0 Å². The summed E-state index contributed by atoms with van der Waals surface area (Å²) in [4.78, 5) is 17.8. The molecule has 1 amide bonds. The molecule has 2 aromatic rings. The number of aromatic nitrogens is 3. The van der Waals surface area contributed by atoms with Crippen molar-refractivity contribution in [1.82, 2.24) is 24.8 Å². The molecule has 216 valence electrons. The standard InChI is InChI=1S/C26H38F2N6O5/c1-24(2,3)39-23(35)30-9-8-15-10-26(27,28)13-33(15)11-19-16-12-36-25(4,5)38-20(16)21(37-19)17-6-7-18-22(29)31-14-32-34(17)18/h6-7,14-16,19-21H,8-13H2,1-5H3,(H,30,35)(H2,29,31,32)/t15-,16-,19-,20-,21+/m1/s1. The molecule has 3 aliphatic heterocycles. The van der Waals surface area contributed by atoms with Gasteiger partial charge in [0.25, 0.3) is 5.92 Å². The normalized spacial score (nSPS) is 30.4. The van der Waals surface area contributed by atoms with Crippen LogP contribution in [0.3, 0.4) is 0 Å². The predicted molar refractivity (Wildman–Crippen MR) is 137 cm³/mol. The number of carbonyl (C=O) groups is 1. The predicted octanol–water partition coefficient (Wildman–Crippen LogP) is 3.14. The Morgan fingerprint density at radius 3 is 2.82 bits per heavy atom. The van der Waals surface area contributed by atoms with Crippen LogP contribution in [0.5, 0.6) is 0 Å². The Labute approximate surface area is 226 Å². The summed E-state index contributed by atoms with van der Waals surface area (Å²) in [6.45, 7) is 9.50. The van der Waals surface area contributed by atoms with Gasteiger partial charge in [0.1, 0.15) is 29.7 Å². The van der Waals surface area contributed by atoms with Crippen molar-refractivity contribution >= 4 is 17.4 Å². The largest absolute Gasteiger partial charge is 0.444 e. The molecule has 3 saturated heterocycles. The molecule has 5 rings (SSSR count). The zero-order valence-corrected chi connectivity index (χ0v) is 23.0. The van der Waals surface area contributed by atoms with Crippen molar-refractivity contribution in [3.05, 3.63) is 24.2 Å². The fourth-order valence-electron chi connectivity index (χ4n) is 5.77. The summed E-state index contributed by atoms with van der Waals surface area (Å²) in [6.07, 6.45) is -0.403. The zero-order chi connectivity index (χ0) is 28.2. The van der Waals surface area contributed by atoms with E-state index in [4.69, 9.17) is 24.7 Å². The Balaban J connectivity index is 1.32. The van der Waals surface area contributed by atoms with Crippen LogP contribution in [0.4, 0.5) is 19.4 Å². The molecule has 2 aromatic heterocycles. The molecule has 0 radical (unpaired) electrons. The van der Waals surface area contributed by atoms with Gasteiger partial charge in [-0.3, -0.25) is 4.90 Å². The third-order valence-corrected chi connectivity index (χ3v) is 7.41. The number of fused-ring (bicyclic) bond motifs is 2. The van der Waals surface area contributed by atoms with Gasteiger partial charge in [0.15, 0.2) is 11.6 Å². The van der Waals surface area contributed by atoms with Crippen LogP contribution < -0.4 is 11.1 Å². The maximum atomic E-state index is 14.6. The van der Waals surface area contributed by atoms with Crippen LogP contribution in [0.15, 0.2) is 18.5 Å². The monoisotopic (exact) mass is 552 g/mol. The van der Waals surface area contributed by atoms with Crippen LogP contribution in [-0.2, 0) is 18.9 Å². The number of carbonyl (C=O) groups excluding carboxylic acids is 1. The molecular formula is C26H38F2N6O5. The Hall–Kier alpha value is -2.61. The third-order valence-electron chi connectivity index (χ3n) is 7.41. The van der Waals surface area contributed by atoms with Crippen molar-refractivity contribution in [2.75, 3.05) is 32.0 Å². The maximum Gasteiger partial charge on any atom is 0.407 e. The smallest absolute Gasteiger partial charge is 0.407 e. The zero-order valence-electron chi connectivity index (χ0n) is 23.0. The first-order valence-corrected chi connectivity index (χ1v) is 13.4. The van der Waals surface area contributed by atoms with Gasteiger partial charge in [-0.05, 0) is 53.2 Å². The first-order chi connectivity index (χ1) is 18.2. The van der Waals surface area contributed by atoms with Crippen LogP contribution in [0.1, 0.15) is 59.3 Å². The van der Waals surface area contributed by atoms with E-state index in [1.807, 2.05) is 26.0 Å². The van der Waals surface area contributed by atoms with Crippen LogP contribution in [-0.4, -0.2) is 87.4 Å². The van der Waals surface area contributed by atoms with E-state index in [-0.39, 0.29) is 38.1 Å². The molecule has 0 bridgehead atoms. The van der Waals surface area contributed by atoms with Crippen molar-refractivity contribution in [2.45, 2.75) is 89.1 Å². The highest BCUT2D eigenvalue weighted by molar-refractivity contribution is 5.67. The Bertz CT molecular complexity index is 1200. The Morgan fingerprint density at radius 2 is 2.08 bits per heavy atom. The summed E-state index contributed by atoms with van der Waals surface area (Å²) in [6, 6.07) is 3.28. The minimum atomic E-state index is -2.83. The van der Waals surface area contributed by atoms with E-state index >= 15 is 0 Å². The number of hydrogen-bond acceptors (Lipinski definition) is 9. The molecule has 39 heavy (non-hydrogen) atoms. The molecule has 0 aliphatic carbocycles. The van der Waals surface area contributed by atoms with Gasteiger partial charge in [-0.2, -0.15) is 5.10 Å². The summed E-state index contributed by atoms with van der Waals surface area (Å²) in [5.74, 6) is -3.49. The number of nitrogens with zero attached hydrogens (tertiary/aromatic N) is 4. The second kappa shape index (κ2) is 10.1. The van der Waals surface area contributed by atoms with E-state index < -0.39 is 41.7 Å². The van der Waals surface area contributed by atoms with Crippen LogP contribution in [0.25, 0.3) is 5.52 Å². The number of amides is 1. The second-order valence-electron chi connectivity index (χ2n) is 12.1. The van der Waals surface area contributed by atoms with Gasteiger partial charge in [0, 0.05) is 31.5 Å². The van der Waals surface area contributed by atoms with E-state index in [0.717, 1.165) is 5.69 Å². The molecule has 11 nitrogen and oxygen atoms in total. The topological polar surface area (TPSA) is 125 Å². The Morgan fingerprint density at radius 1 is 1.31 bits per heavy atom. The van der Waals surface area contributed by atoms with Crippen LogP contribution in [0, 0.1) is 5.92 Å². The SMILES string of the molecule is CC(C)(C)OC(=O)NCC[C@@H]1CC(F)(F)CN1C[C@H]1O[C@@H](c2ccc3c(N)ncnn23)[C@@H]2OC(C)(C)OC[C@@H]21. The van der Waals surface area contributed by atoms with E-state index in [1.165, 1.54) is 6.33 Å². The van der Waals surface area contributed by atoms with Crippen molar-refractivity contribution in [3.63, 3.8) is 0 Å². The van der Waals surface area contributed by atoms with E-state index in [9.17, 15) is 13.6 Å². The van der Waals surface area contributed by atoms with Gasteiger partial charge in [-0.25, -0.2) is 23.1 Å². The van der Waals surface area contributed by atoms with Crippen LogP contribution >= 0.6 is 0 Å². The first kappa shape index (κ1) is 27.9. The average molecular weight is 553 g/mol. The molecule has 0 spiro atoms. The van der Waals surface area contributed by atoms with Gasteiger partial charge in [-0.1, -0.05) is 0 Å². The molecular weight excluding hydrogens is 514 g/mol. The van der Waals surface area contributed by atoms with Crippen molar-refractivity contribution in [3.8, 4) is 0 Å². The fraction of sp³-hybridized carbons (Fsp3) is 0.731. The summed E-state index contributed by atoms with van der Waals surface area (Å²) in [5, 5.41) is 7.03. The summed E-state index contributed by atoms with van der Waals surface area (Å²) >= 11 is 0. The van der Waals surface area contributed by atoms with Gasteiger partial charge in [0.05, 0.1) is 24.9 Å². The number of anilines is 1. The number of nitrogens with two attached hydrogens (primary N) is 1. The molecule has 5 atom stereocenters. The number of alkyl carbamates (subject to hydrolysis) is 1. The molecule has 13 heteroatoms. The summed E-state index contributed by atoms with van der Waals surface area (Å²) in [7, 11) is 0. The maximum absolute atomic E-state index is 14.6. The Kier molecular flexibility index (Phi) is 7.23. The highest BCUT2D eigenvalue weighted by atomic mass is 19.3. The van der Waals surface area contributed by atoms with Crippen molar-refractivity contribution < 1.29 is 32.5 Å². The average Bonchev–Trinajstić information content (AvgIpc) is 3.46. The number of hydrogen-bond donors (Lipinski definition) is 2. The lowest BCUT2D eigenvalue weighted by molar-refractivity contribution is -0.291. The van der Waals surface area contributed by atoms with Gasteiger partial charge >= 0.3 is 6.09 Å². The summed E-state index contributed by atoms with van der Waals surface area (Å²) in [5.41, 5.74) is 6.80. The van der Waals surface area contributed by atoms with Crippen molar-refractivity contribution in [1.29, 1.82) is 0 Å². The highest BCUT2D eigenvalue weighted by Crippen LogP contribution is 2.46. The second-order valence-corrected chi connectivity index (χ2v) is 12.1. The molecule has 3 fully saturated rings. The van der Waals surface area contributed by atoms with Gasteiger partial charge < -0.3 is 30.0 Å². The summed E-state index contributed by atoms with van der Waals surface area (Å²) < 4.78 is 55.0. The minimum absolute atomic E-state index is 0.178. The number of rotatable bonds is 6. The molecule has 5 heterocycles. The van der Waals surface area contributed by atoms with Gasteiger partial charge in [-0.15, -0.1) is 0 Å². The minimum Gasteiger partial charge on any atom is -0.444 e.